The second-order valence-electron chi connectivity index (χ2n) is 5.68. The molecule has 0 spiro atoms. The normalized spacial score (nSPS) is 10.7. The van der Waals surface area contributed by atoms with Gasteiger partial charge in [0.2, 0.25) is 5.91 Å². The molecule has 0 saturated carbocycles. The van der Waals surface area contributed by atoms with Gasteiger partial charge in [-0.05, 0) is 25.0 Å². The van der Waals surface area contributed by atoms with Gasteiger partial charge >= 0.3 is 0 Å². The topological polar surface area (TPSA) is 64.7 Å². The third-order valence-electron chi connectivity index (χ3n) is 3.41. The Morgan fingerprint density at radius 1 is 1.09 bits per heavy atom. The van der Waals surface area contributed by atoms with E-state index < -0.39 is 0 Å². The molecule has 23 heavy (non-hydrogen) atoms. The minimum atomic E-state index is -0.122. The fraction of sp³-hybridized carbons (Fsp3) is 0.235. The van der Waals surface area contributed by atoms with Gasteiger partial charge in [-0.3, -0.25) is 14.2 Å². The first-order valence-electron chi connectivity index (χ1n) is 7.45. The Hall–Kier alpha value is -2.89. The second kappa shape index (κ2) is 6.48. The Labute approximate surface area is 134 Å². The van der Waals surface area contributed by atoms with E-state index in [1.54, 1.807) is 17.1 Å². The number of benzene rings is 1. The maximum absolute atomic E-state index is 12.0. The number of aryl methyl sites for hydroxylation is 2. The van der Waals surface area contributed by atoms with Crippen molar-refractivity contribution in [1.82, 2.24) is 19.6 Å². The summed E-state index contributed by atoms with van der Waals surface area (Å²) in [6.45, 7) is 4.87. The molecule has 0 radical (unpaired) electrons. The summed E-state index contributed by atoms with van der Waals surface area (Å²) in [5, 5.41) is 11.2. The fourth-order valence-electron chi connectivity index (χ4n) is 2.41. The molecule has 0 unspecified atom stereocenters. The van der Waals surface area contributed by atoms with Crippen molar-refractivity contribution in [3.63, 3.8) is 0 Å². The first kappa shape index (κ1) is 15.0. The standard InChI is InChI=1S/C17H19N5O/c1-13-4-3-5-15(6-13)10-22-11-16(8-19-22)20-17(23)12-21-9-14(2)7-18-21/h3-9,11H,10,12H2,1-2H3,(H,20,23). The molecule has 6 nitrogen and oxygen atoms in total. The van der Waals surface area contributed by atoms with Gasteiger partial charge in [0.05, 0.1) is 24.6 Å². The maximum atomic E-state index is 12.0. The van der Waals surface area contributed by atoms with Crippen LogP contribution in [0.2, 0.25) is 0 Å². The van der Waals surface area contributed by atoms with Gasteiger partial charge in [0.25, 0.3) is 0 Å². The van der Waals surface area contributed by atoms with Gasteiger partial charge in [0, 0.05) is 12.4 Å². The van der Waals surface area contributed by atoms with E-state index in [9.17, 15) is 4.79 Å². The fourth-order valence-corrected chi connectivity index (χ4v) is 2.41. The van der Waals surface area contributed by atoms with E-state index in [-0.39, 0.29) is 12.5 Å². The lowest BCUT2D eigenvalue weighted by molar-refractivity contribution is -0.116. The molecule has 2 heterocycles. The average Bonchev–Trinajstić information content (AvgIpc) is 3.08. The Morgan fingerprint density at radius 3 is 2.65 bits per heavy atom. The number of rotatable bonds is 5. The van der Waals surface area contributed by atoms with Crippen molar-refractivity contribution >= 4 is 11.6 Å². The predicted molar refractivity (Wildman–Crippen MR) is 88.1 cm³/mol. The smallest absolute Gasteiger partial charge is 0.246 e. The van der Waals surface area contributed by atoms with Crippen LogP contribution < -0.4 is 5.32 Å². The average molecular weight is 309 g/mol. The summed E-state index contributed by atoms with van der Waals surface area (Å²) in [5.74, 6) is -0.122. The number of amides is 1. The molecule has 0 fully saturated rings. The highest BCUT2D eigenvalue weighted by Crippen LogP contribution is 2.09. The van der Waals surface area contributed by atoms with Crippen molar-refractivity contribution in [2.75, 3.05) is 5.32 Å². The van der Waals surface area contributed by atoms with Crippen molar-refractivity contribution in [3.8, 4) is 0 Å². The Morgan fingerprint density at radius 2 is 1.91 bits per heavy atom. The molecule has 0 atom stereocenters. The number of carbonyl (C=O) groups excluding carboxylic acids is 1. The number of nitrogens with zero attached hydrogens (tertiary/aromatic N) is 4. The number of carbonyl (C=O) groups is 1. The molecule has 0 saturated heterocycles. The Balaban J connectivity index is 1.59. The molecule has 0 aliphatic heterocycles. The maximum Gasteiger partial charge on any atom is 0.246 e. The van der Waals surface area contributed by atoms with E-state index in [1.807, 2.05) is 30.1 Å². The predicted octanol–water partition coefficient (Wildman–Crippen LogP) is 2.38. The van der Waals surface area contributed by atoms with E-state index in [2.05, 4.69) is 40.6 Å². The zero-order chi connectivity index (χ0) is 16.2. The number of nitrogens with one attached hydrogen (secondary N) is 1. The molecule has 118 valence electrons. The lowest BCUT2D eigenvalue weighted by Gasteiger charge is -2.04. The molecule has 1 aromatic carbocycles. The molecule has 2 aromatic heterocycles. The highest BCUT2D eigenvalue weighted by atomic mass is 16.2. The quantitative estimate of drug-likeness (QED) is 0.787. The van der Waals surface area contributed by atoms with E-state index in [1.165, 1.54) is 11.1 Å². The summed E-state index contributed by atoms with van der Waals surface area (Å²) in [6, 6.07) is 8.28. The molecule has 0 aliphatic rings. The van der Waals surface area contributed by atoms with Crippen LogP contribution in [0, 0.1) is 13.8 Å². The lowest BCUT2D eigenvalue weighted by atomic mass is 10.1. The van der Waals surface area contributed by atoms with Gasteiger partial charge in [0.1, 0.15) is 6.54 Å². The summed E-state index contributed by atoms with van der Waals surface area (Å²) in [5.41, 5.74) is 4.12. The largest absolute Gasteiger partial charge is 0.322 e. The molecular weight excluding hydrogens is 290 g/mol. The van der Waals surface area contributed by atoms with E-state index in [4.69, 9.17) is 0 Å². The molecule has 0 bridgehead atoms. The molecule has 3 rings (SSSR count). The monoisotopic (exact) mass is 309 g/mol. The van der Waals surface area contributed by atoms with Crippen LogP contribution in [0.25, 0.3) is 0 Å². The number of anilines is 1. The van der Waals surface area contributed by atoms with E-state index in [0.29, 0.717) is 12.2 Å². The summed E-state index contributed by atoms with van der Waals surface area (Å²) >= 11 is 0. The van der Waals surface area contributed by atoms with Crippen LogP contribution in [0.1, 0.15) is 16.7 Å². The minimum Gasteiger partial charge on any atom is -0.322 e. The summed E-state index contributed by atoms with van der Waals surface area (Å²) in [7, 11) is 0. The number of hydrogen-bond donors (Lipinski definition) is 1. The van der Waals surface area contributed by atoms with E-state index in [0.717, 1.165) is 5.56 Å². The summed E-state index contributed by atoms with van der Waals surface area (Å²) < 4.78 is 3.42. The van der Waals surface area contributed by atoms with Crippen LogP contribution in [0.3, 0.4) is 0 Å². The Kier molecular flexibility index (Phi) is 4.23. The molecule has 0 aliphatic carbocycles. The highest BCUT2D eigenvalue weighted by Gasteiger charge is 2.06. The molecule has 1 amide bonds. The number of aromatic nitrogens is 4. The van der Waals surface area contributed by atoms with Crippen LogP contribution in [0.15, 0.2) is 49.1 Å². The van der Waals surface area contributed by atoms with Crippen molar-refractivity contribution in [2.24, 2.45) is 0 Å². The van der Waals surface area contributed by atoms with Gasteiger partial charge in [-0.1, -0.05) is 29.8 Å². The lowest BCUT2D eigenvalue weighted by Crippen LogP contribution is -2.18. The van der Waals surface area contributed by atoms with Gasteiger partial charge in [-0.2, -0.15) is 10.2 Å². The van der Waals surface area contributed by atoms with Gasteiger partial charge in [-0.25, -0.2) is 0 Å². The van der Waals surface area contributed by atoms with E-state index >= 15 is 0 Å². The van der Waals surface area contributed by atoms with Crippen LogP contribution in [-0.2, 0) is 17.9 Å². The van der Waals surface area contributed by atoms with Gasteiger partial charge in [0.15, 0.2) is 0 Å². The molecule has 3 aromatic rings. The second-order valence-corrected chi connectivity index (χ2v) is 5.68. The number of hydrogen-bond acceptors (Lipinski definition) is 3. The van der Waals surface area contributed by atoms with Crippen LogP contribution >= 0.6 is 0 Å². The van der Waals surface area contributed by atoms with Crippen LogP contribution in [-0.4, -0.2) is 25.5 Å². The molecular formula is C17H19N5O. The third-order valence-corrected chi connectivity index (χ3v) is 3.41. The third kappa shape index (κ3) is 4.06. The van der Waals surface area contributed by atoms with Crippen LogP contribution in [0.5, 0.6) is 0 Å². The zero-order valence-electron chi connectivity index (χ0n) is 13.2. The van der Waals surface area contributed by atoms with Crippen LogP contribution in [0.4, 0.5) is 5.69 Å². The zero-order valence-corrected chi connectivity index (χ0v) is 13.2. The minimum absolute atomic E-state index is 0.122. The molecule has 6 heteroatoms. The van der Waals surface area contributed by atoms with Crippen molar-refractivity contribution in [2.45, 2.75) is 26.9 Å². The van der Waals surface area contributed by atoms with Gasteiger partial charge < -0.3 is 5.32 Å². The van der Waals surface area contributed by atoms with Crippen molar-refractivity contribution in [1.29, 1.82) is 0 Å². The SMILES string of the molecule is Cc1cccc(Cn2cc(NC(=O)Cn3cc(C)cn3)cn2)c1. The Bertz CT molecular complexity index is 818. The summed E-state index contributed by atoms with van der Waals surface area (Å²) in [4.78, 5) is 12.0. The van der Waals surface area contributed by atoms with Crippen molar-refractivity contribution < 1.29 is 4.79 Å². The molecule has 1 N–H and O–H groups in total. The highest BCUT2D eigenvalue weighted by molar-refractivity contribution is 5.90. The first-order valence-corrected chi connectivity index (χ1v) is 7.45. The van der Waals surface area contributed by atoms with Crippen molar-refractivity contribution in [3.05, 3.63) is 65.7 Å². The first-order chi connectivity index (χ1) is 11.1. The summed E-state index contributed by atoms with van der Waals surface area (Å²) in [6.07, 6.45) is 7.05. The van der Waals surface area contributed by atoms with Gasteiger partial charge in [-0.15, -0.1) is 0 Å².